The summed E-state index contributed by atoms with van der Waals surface area (Å²) in [5.41, 5.74) is -0.169. The molecule has 0 aromatic carbocycles. The van der Waals surface area contributed by atoms with Crippen molar-refractivity contribution in [2.24, 2.45) is 5.41 Å². The van der Waals surface area contributed by atoms with Crippen molar-refractivity contribution in [2.45, 2.75) is 51.7 Å². The summed E-state index contributed by atoms with van der Waals surface area (Å²) < 4.78 is 1.86. The zero-order chi connectivity index (χ0) is 10.9. The fraction of sp³-hybridized carbons (Fsp3) is 0.818. The Balaban J connectivity index is 1.98. The molecule has 0 atom stereocenters. The van der Waals surface area contributed by atoms with E-state index in [4.69, 9.17) is 0 Å². The van der Waals surface area contributed by atoms with Crippen molar-refractivity contribution in [3.8, 4) is 0 Å². The molecule has 2 rings (SSSR count). The Hall–Kier alpha value is -0.900. The molecule has 1 aromatic rings. The van der Waals surface area contributed by atoms with E-state index >= 15 is 0 Å². The van der Waals surface area contributed by atoms with Crippen LogP contribution < -0.4 is 0 Å². The molecule has 0 radical (unpaired) electrons. The van der Waals surface area contributed by atoms with Crippen molar-refractivity contribution in [1.82, 2.24) is 14.8 Å². The molecule has 0 unspecified atom stereocenters. The Morgan fingerprint density at radius 3 is 2.20 bits per heavy atom. The monoisotopic (exact) mass is 209 g/mol. The van der Waals surface area contributed by atoms with Crippen molar-refractivity contribution in [1.29, 1.82) is 0 Å². The summed E-state index contributed by atoms with van der Waals surface area (Å²) in [6, 6.07) is 0. The van der Waals surface area contributed by atoms with Gasteiger partial charge in [-0.15, -0.1) is 10.2 Å². The molecule has 84 valence electrons. The van der Waals surface area contributed by atoms with E-state index in [1.165, 1.54) is 0 Å². The lowest BCUT2D eigenvalue weighted by Crippen LogP contribution is -2.40. The zero-order valence-corrected chi connectivity index (χ0v) is 9.48. The smallest absolute Gasteiger partial charge is 0.119 e. The predicted molar refractivity (Wildman–Crippen MR) is 57.2 cm³/mol. The molecule has 1 fully saturated rings. The van der Waals surface area contributed by atoms with Crippen LogP contribution in [-0.2, 0) is 6.54 Å². The van der Waals surface area contributed by atoms with Gasteiger partial charge < -0.3 is 9.67 Å². The SMILES string of the molecule is CC1(C)CCC(O)(Cn2cnnc2)CC1. The highest BCUT2D eigenvalue weighted by Crippen LogP contribution is 2.40. The third-order valence-electron chi connectivity index (χ3n) is 3.48. The predicted octanol–water partition coefficient (Wildman–Crippen LogP) is 1.61. The van der Waals surface area contributed by atoms with Gasteiger partial charge in [-0.1, -0.05) is 13.8 Å². The van der Waals surface area contributed by atoms with E-state index in [0.717, 1.165) is 25.7 Å². The van der Waals surface area contributed by atoms with Gasteiger partial charge in [0, 0.05) is 0 Å². The van der Waals surface area contributed by atoms with E-state index in [-0.39, 0.29) is 0 Å². The van der Waals surface area contributed by atoms with Crippen LogP contribution in [0.25, 0.3) is 0 Å². The van der Waals surface area contributed by atoms with E-state index in [0.29, 0.717) is 12.0 Å². The Bertz CT molecular complexity index is 309. The summed E-state index contributed by atoms with van der Waals surface area (Å²) in [6.45, 7) is 5.16. The molecule has 4 nitrogen and oxygen atoms in total. The van der Waals surface area contributed by atoms with Crippen LogP contribution >= 0.6 is 0 Å². The van der Waals surface area contributed by atoms with Crippen LogP contribution in [0.3, 0.4) is 0 Å². The molecule has 1 aromatic heterocycles. The number of aromatic nitrogens is 3. The first kappa shape index (κ1) is 10.6. The molecule has 0 saturated heterocycles. The second kappa shape index (κ2) is 3.59. The Morgan fingerprint density at radius 2 is 1.67 bits per heavy atom. The third kappa shape index (κ3) is 2.56. The quantitative estimate of drug-likeness (QED) is 0.805. The molecule has 1 aliphatic rings. The lowest BCUT2D eigenvalue weighted by Gasteiger charge is -2.40. The van der Waals surface area contributed by atoms with E-state index in [1.54, 1.807) is 12.7 Å². The topological polar surface area (TPSA) is 50.9 Å². The van der Waals surface area contributed by atoms with Gasteiger partial charge in [-0.2, -0.15) is 0 Å². The molecule has 0 amide bonds. The lowest BCUT2D eigenvalue weighted by molar-refractivity contribution is -0.0386. The van der Waals surface area contributed by atoms with Crippen LogP contribution in [0.2, 0.25) is 0 Å². The largest absolute Gasteiger partial charge is 0.388 e. The number of nitrogens with zero attached hydrogens (tertiary/aromatic N) is 3. The Labute approximate surface area is 90.3 Å². The summed E-state index contributed by atoms with van der Waals surface area (Å²) in [6.07, 6.45) is 7.25. The van der Waals surface area contributed by atoms with Gasteiger partial charge in [-0.05, 0) is 31.1 Å². The van der Waals surface area contributed by atoms with E-state index in [2.05, 4.69) is 24.0 Å². The maximum absolute atomic E-state index is 10.4. The second-order valence-electron chi connectivity index (χ2n) is 5.52. The molecule has 1 heterocycles. The second-order valence-corrected chi connectivity index (χ2v) is 5.52. The summed E-state index contributed by atoms with van der Waals surface area (Å²) >= 11 is 0. The highest BCUT2D eigenvalue weighted by atomic mass is 16.3. The van der Waals surface area contributed by atoms with Crippen molar-refractivity contribution < 1.29 is 5.11 Å². The van der Waals surface area contributed by atoms with Gasteiger partial charge in [0.1, 0.15) is 12.7 Å². The summed E-state index contributed by atoms with van der Waals surface area (Å²) in [5, 5.41) is 17.9. The van der Waals surface area contributed by atoms with Crippen molar-refractivity contribution in [3.63, 3.8) is 0 Å². The van der Waals surface area contributed by atoms with Crippen LogP contribution in [0.4, 0.5) is 0 Å². The highest BCUT2D eigenvalue weighted by molar-refractivity contribution is 4.89. The number of aliphatic hydroxyl groups is 1. The highest BCUT2D eigenvalue weighted by Gasteiger charge is 2.36. The molecule has 4 heteroatoms. The number of hydrogen-bond donors (Lipinski definition) is 1. The third-order valence-corrected chi connectivity index (χ3v) is 3.48. The minimum Gasteiger partial charge on any atom is -0.388 e. The summed E-state index contributed by atoms with van der Waals surface area (Å²) in [5.74, 6) is 0. The lowest BCUT2D eigenvalue weighted by atomic mass is 9.71. The Morgan fingerprint density at radius 1 is 1.13 bits per heavy atom. The Kier molecular flexibility index (Phi) is 2.54. The number of hydrogen-bond acceptors (Lipinski definition) is 3. The van der Waals surface area contributed by atoms with Gasteiger partial charge in [0.15, 0.2) is 0 Å². The first-order valence-electron chi connectivity index (χ1n) is 5.54. The summed E-state index contributed by atoms with van der Waals surface area (Å²) in [4.78, 5) is 0. The van der Waals surface area contributed by atoms with Crippen molar-refractivity contribution in [3.05, 3.63) is 12.7 Å². The van der Waals surface area contributed by atoms with Crippen LogP contribution in [0, 0.1) is 5.41 Å². The van der Waals surface area contributed by atoms with Crippen LogP contribution in [0.15, 0.2) is 12.7 Å². The first-order valence-corrected chi connectivity index (χ1v) is 5.54. The molecule has 0 spiro atoms. The maximum atomic E-state index is 10.4. The molecule has 1 aliphatic carbocycles. The van der Waals surface area contributed by atoms with Crippen LogP contribution in [0.1, 0.15) is 39.5 Å². The number of rotatable bonds is 2. The fourth-order valence-electron chi connectivity index (χ4n) is 2.19. The van der Waals surface area contributed by atoms with E-state index in [9.17, 15) is 5.11 Å². The average Bonchev–Trinajstić information content (AvgIpc) is 2.64. The fourth-order valence-corrected chi connectivity index (χ4v) is 2.19. The minimum atomic E-state index is -0.558. The van der Waals surface area contributed by atoms with Gasteiger partial charge in [0.25, 0.3) is 0 Å². The van der Waals surface area contributed by atoms with Gasteiger partial charge in [-0.25, -0.2) is 0 Å². The molecule has 1 N–H and O–H groups in total. The van der Waals surface area contributed by atoms with E-state index < -0.39 is 5.60 Å². The van der Waals surface area contributed by atoms with Crippen LogP contribution in [0.5, 0.6) is 0 Å². The molecule has 1 saturated carbocycles. The van der Waals surface area contributed by atoms with Gasteiger partial charge >= 0.3 is 0 Å². The standard InChI is InChI=1S/C11H19N3O/c1-10(2)3-5-11(15,6-4-10)7-14-8-12-13-9-14/h8-9,15H,3-7H2,1-2H3. The van der Waals surface area contributed by atoms with Crippen molar-refractivity contribution in [2.75, 3.05) is 0 Å². The maximum Gasteiger partial charge on any atom is 0.119 e. The molecular weight excluding hydrogens is 190 g/mol. The molecule has 0 aliphatic heterocycles. The van der Waals surface area contributed by atoms with E-state index in [1.807, 2.05) is 4.57 Å². The van der Waals surface area contributed by atoms with Gasteiger partial charge in [-0.3, -0.25) is 0 Å². The molecule has 0 bridgehead atoms. The minimum absolute atomic E-state index is 0.388. The molecule has 15 heavy (non-hydrogen) atoms. The van der Waals surface area contributed by atoms with Crippen LogP contribution in [-0.4, -0.2) is 25.5 Å². The van der Waals surface area contributed by atoms with Gasteiger partial charge in [0.05, 0.1) is 12.1 Å². The summed E-state index contributed by atoms with van der Waals surface area (Å²) in [7, 11) is 0. The van der Waals surface area contributed by atoms with Crippen molar-refractivity contribution >= 4 is 0 Å². The van der Waals surface area contributed by atoms with Gasteiger partial charge in [0.2, 0.25) is 0 Å². The first-order chi connectivity index (χ1) is 6.99. The molecular formula is C11H19N3O. The zero-order valence-electron chi connectivity index (χ0n) is 9.48. The average molecular weight is 209 g/mol. The normalized spacial score (nSPS) is 23.9.